The number of nitrogens with zero attached hydrogens (tertiary/aromatic N) is 1. The SMILES string of the molecule is O=C(CCc1ccc2c(c1)OCCCO2)Nc1ccc(CCC(=O)N2CCCC2)cc1. The molecule has 4 rings (SSSR count). The Kier molecular flexibility index (Phi) is 7.07. The highest BCUT2D eigenvalue weighted by molar-refractivity contribution is 5.90. The highest BCUT2D eigenvalue weighted by atomic mass is 16.5. The molecule has 0 unspecified atom stereocenters. The normalized spacial score (nSPS) is 15.4. The van der Waals surface area contributed by atoms with Crippen LogP contribution in [0.5, 0.6) is 11.5 Å². The molecule has 2 amide bonds. The zero-order chi connectivity index (χ0) is 21.5. The van der Waals surface area contributed by atoms with E-state index in [4.69, 9.17) is 9.47 Å². The lowest BCUT2D eigenvalue weighted by Crippen LogP contribution is -2.27. The maximum Gasteiger partial charge on any atom is 0.224 e. The Morgan fingerprint density at radius 2 is 1.48 bits per heavy atom. The van der Waals surface area contributed by atoms with Gasteiger partial charge in [-0.15, -0.1) is 0 Å². The number of benzene rings is 2. The van der Waals surface area contributed by atoms with Crippen LogP contribution in [0.4, 0.5) is 5.69 Å². The summed E-state index contributed by atoms with van der Waals surface area (Å²) >= 11 is 0. The van der Waals surface area contributed by atoms with Gasteiger partial charge in [-0.05, 0) is 61.1 Å². The summed E-state index contributed by atoms with van der Waals surface area (Å²) in [6.07, 6.45) is 5.42. The van der Waals surface area contributed by atoms with Crippen LogP contribution < -0.4 is 14.8 Å². The molecule has 2 heterocycles. The largest absolute Gasteiger partial charge is 0.490 e. The average molecular weight is 423 g/mol. The van der Waals surface area contributed by atoms with Crippen LogP contribution in [0.15, 0.2) is 42.5 Å². The highest BCUT2D eigenvalue weighted by Gasteiger charge is 2.17. The van der Waals surface area contributed by atoms with Gasteiger partial charge in [-0.1, -0.05) is 18.2 Å². The van der Waals surface area contributed by atoms with E-state index >= 15 is 0 Å². The third-order valence-corrected chi connectivity index (χ3v) is 5.78. The minimum absolute atomic E-state index is 0.0240. The van der Waals surface area contributed by atoms with Crippen molar-refractivity contribution in [3.8, 4) is 11.5 Å². The maximum atomic E-state index is 12.4. The van der Waals surface area contributed by atoms with Crippen LogP contribution in [0.1, 0.15) is 43.2 Å². The molecule has 6 nitrogen and oxygen atoms in total. The summed E-state index contributed by atoms with van der Waals surface area (Å²) in [6.45, 7) is 3.12. The van der Waals surface area contributed by atoms with Crippen molar-refractivity contribution < 1.29 is 19.1 Å². The summed E-state index contributed by atoms with van der Waals surface area (Å²) in [7, 11) is 0. The molecule has 2 aromatic carbocycles. The van der Waals surface area contributed by atoms with Gasteiger partial charge in [-0.2, -0.15) is 0 Å². The first-order valence-electron chi connectivity index (χ1n) is 11.2. The standard InChI is InChI=1S/C25H30N2O4/c28-24(12-7-20-6-11-22-23(18-20)31-17-3-16-30-22)26-21-9-4-19(5-10-21)8-13-25(29)27-14-1-2-15-27/h4-6,9-11,18H,1-3,7-8,12-17H2,(H,26,28). The van der Waals surface area contributed by atoms with E-state index < -0.39 is 0 Å². The molecule has 0 radical (unpaired) electrons. The Bertz CT molecular complexity index is 904. The number of hydrogen-bond donors (Lipinski definition) is 1. The minimum atomic E-state index is -0.0240. The smallest absolute Gasteiger partial charge is 0.224 e. The molecule has 0 saturated carbocycles. The fourth-order valence-corrected chi connectivity index (χ4v) is 3.98. The summed E-state index contributed by atoms with van der Waals surface area (Å²) in [5.74, 6) is 1.75. The zero-order valence-electron chi connectivity index (χ0n) is 17.9. The number of rotatable bonds is 7. The van der Waals surface area contributed by atoms with Crippen molar-refractivity contribution in [1.82, 2.24) is 4.90 Å². The number of amides is 2. The van der Waals surface area contributed by atoms with E-state index in [0.29, 0.717) is 32.5 Å². The number of ether oxygens (including phenoxy) is 2. The van der Waals surface area contributed by atoms with Gasteiger partial charge >= 0.3 is 0 Å². The summed E-state index contributed by atoms with van der Waals surface area (Å²) in [5.41, 5.74) is 2.94. The summed E-state index contributed by atoms with van der Waals surface area (Å²) in [4.78, 5) is 26.5. The molecule has 0 bridgehead atoms. The molecule has 1 saturated heterocycles. The van der Waals surface area contributed by atoms with Crippen LogP contribution in [-0.2, 0) is 22.4 Å². The van der Waals surface area contributed by atoms with Gasteiger partial charge in [-0.3, -0.25) is 9.59 Å². The van der Waals surface area contributed by atoms with Crippen molar-refractivity contribution in [2.24, 2.45) is 0 Å². The number of carbonyl (C=O) groups excluding carboxylic acids is 2. The van der Waals surface area contributed by atoms with Crippen LogP contribution >= 0.6 is 0 Å². The lowest BCUT2D eigenvalue weighted by atomic mass is 10.1. The van der Waals surface area contributed by atoms with Gasteiger partial charge in [0.1, 0.15) is 0 Å². The van der Waals surface area contributed by atoms with Gasteiger partial charge in [-0.25, -0.2) is 0 Å². The molecule has 164 valence electrons. The van der Waals surface area contributed by atoms with Crippen molar-refractivity contribution in [3.63, 3.8) is 0 Å². The summed E-state index contributed by atoms with van der Waals surface area (Å²) in [5, 5.41) is 2.95. The number of aryl methyl sites for hydroxylation is 2. The molecule has 1 N–H and O–H groups in total. The van der Waals surface area contributed by atoms with Crippen molar-refractivity contribution in [2.45, 2.75) is 44.9 Å². The fourth-order valence-electron chi connectivity index (χ4n) is 3.98. The molecule has 0 aliphatic carbocycles. The van der Waals surface area contributed by atoms with Crippen molar-refractivity contribution >= 4 is 17.5 Å². The molecule has 0 aromatic heterocycles. The predicted octanol–water partition coefficient (Wildman–Crippen LogP) is 3.97. The molecule has 0 atom stereocenters. The maximum absolute atomic E-state index is 12.4. The molecule has 31 heavy (non-hydrogen) atoms. The number of carbonyl (C=O) groups is 2. The van der Waals surface area contributed by atoms with Gasteiger partial charge in [0, 0.05) is 38.0 Å². The first-order chi connectivity index (χ1) is 15.2. The molecular formula is C25H30N2O4. The zero-order valence-corrected chi connectivity index (χ0v) is 17.9. The molecular weight excluding hydrogens is 392 g/mol. The van der Waals surface area contributed by atoms with Gasteiger partial charge in [0.15, 0.2) is 11.5 Å². The average Bonchev–Trinajstić information content (AvgIpc) is 3.23. The number of anilines is 1. The molecule has 2 aliphatic heterocycles. The summed E-state index contributed by atoms with van der Waals surface area (Å²) in [6, 6.07) is 13.6. The van der Waals surface area contributed by atoms with E-state index in [-0.39, 0.29) is 11.8 Å². The van der Waals surface area contributed by atoms with Crippen molar-refractivity contribution in [2.75, 3.05) is 31.6 Å². The highest BCUT2D eigenvalue weighted by Crippen LogP contribution is 2.30. The van der Waals surface area contributed by atoms with E-state index in [2.05, 4.69) is 5.32 Å². The Hall–Kier alpha value is -3.02. The van der Waals surface area contributed by atoms with Crippen molar-refractivity contribution in [1.29, 1.82) is 0 Å². The van der Waals surface area contributed by atoms with E-state index in [9.17, 15) is 9.59 Å². The molecule has 6 heteroatoms. The number of nitrogens with one attached hydrogen (secondary N) is 1. The van der Waals surface area contributed by atoms with Crippen LogP contribution in [0.2, 0.25) is 0 Å². The van der Waals surface area contributed by atoms with E-state index in [1.54, 1.807) is 0 Å². The first-order valence-corrected chi connectivity index (χ1v) is 11.2. The monoisotopic (exact) mass is 422 g/mol. The second kappa shape index (κ2) is 10.3. The third-order valence-electron chi connectivity index (χ3n) is 5.78. The van der Waals surface area contributed by atoms with Crippen LogP contribution in [-0.4, -0.2) is 43.0 Å². The van der Waals surface area contributed by atoms with Gasteiger partial charge in [0.2, 0.25) is 11.8 Å². The Balaban J connectivity index is 1.22. The van der Waals surface area contributed by atoms with E-state index in [0.717, 1.165) is 67.1 Å². The molecule has 2 aromatic rings. The molecule has 2 aliphatic rings. The van der Waals surface area contributed by atoms with Crippen LogP contribution in [0.3, 0.4) is 0 Å². The fraction of sp³-hybridized carbons (Fsp3) is 0.440. The topological polar surface area (TPSA) is 67.9 Å². The minimum Gasteiger partial charge on any atom is -0.490 e. The second-order valence-electron chi connectivity index (χ2n) is 8.16. The number of likely N-dealkylation sites (tertiary alicyclic amines) is 1. The Labute approximate surface area is 183 Å². The van der Waals surface area contributed by atoms with E-state index in [1.807, 2.05) is 47.4 Å². The van der Waals surface area contributed by atoms with Crippen LogP contribution in [0, 0.1) is 0 Å². The Morgan fingerprint density at radius 3 is 2.26 bits per heavy atom. The summed E-state index contributed by atoms with van der Waals surface area (Å²) < 4.78 is 11.4. The number of fused-ring (bicyclic) bond motifs is 1. The number of hydrogen-bond acceptors (Lipinski definition) is 4. The van der Waals surface area contributed by atoms with Gasteiger partial charge in [0.05, 0.1) is 13.2 Å². The van der Waals surface area contributed by atoms with Crippen LogP contribution in [0.25, 0.3) is 0 Å². The van der Waals surface area contributed by atoms with Gasteiger partial charge in [0.25, 0.3) is 0 Å². The second-order valence-corrected chi connectivity index (χ2v) is 8.16. The quantitative estimate of drug-likeness (QED) is 0.733. The lowest BCUT2D eigenvalue weighted by Gasteiger charge is -2.15. The Morgan fingerprint density at radius 1 is 0.806 bits per heavy atom. The van der Waals surface area contributed by atoms with E-state index in [1.165, 1.54) is 0 Å². The first kappa shape index (κ1) is 21.2. The molecule has 0 spiro atoms. The third kappa shape index (κ3) is 6.00. The van der Waals surface area contributed by atoms with Crippen molar-refractivity contribution in [3.05, 3.63) is 53.6 Å². The molecule has 1 fully saturated rings. The predicted molar refractivity (Wildman–Crippen MR) is 120 cm³/mol. The lowest BCUT2D eigenvalue weighted by molar-refractivity contribution is -0.130. The van der Waals surface area contributed by atoms with Gasteiger partial charge < -0.3 is 19.7 Å².